The minimum absolute atomic E-state index is 0.0727. The van der Waals surface area contributed by atoms with Gasteiger partial charge in [-0.15, -0.1) is 11.8 Å². The number of hydrogen-bond donors (Lipinski definition) is 0. The fourth-order valence-electron chi connectivity index (χ4n) is 3.15. The third-order valence-corrected chi connectivity index (χ3v) is 4.37. The van der Waals surface area contributed by atoms with Gasteiger partial charge in [0.25, 0.3) is 0 Å². The van der Waals surface area contributed by atoms with Gasteiger partial charge in [-0.1, -0.05) is 0 Å². The Morgan fingerprint density at radius 3 is 2.18 bits per heavy atom. The van der Waals surface area contributed by atoms with Crippen molar-refractivity contribution in [3.05, 3.63) is 0 Å². The lowest BCUT2D eigenvalue weighted by atomic mass is 9.81. The van der Waals surface area contributed by atoms with Gasteiger partial charge >= 0.3 is 5.97 Å². The molecule has 0 aromatic rings. The summed E-state index contributed by atoms with van der Waals surface area (Å²) in [4.78, 5) is 12.0. The van der Waals surface area contributed by atoms with E-state index in [9.17, 15) is 22.4 Å². The first kappa shape index (κ1) is 17.1. The molecule has 0 bridgehead atoms. The van der Waals surface area contributed by atoms with E-state index >= 15 is 0 Å². The van der Waals surface area contributed by atoms with Crippen molar-refractivity contribution < 1.29 is 27.1 Å². The number of esters is 1. The number of carbonyl (C=O) groups is 1. The van der Waals surface area contributed by atoms with E-state index in [1.165, 1.54) is 0 Å². The van der Waals surface area contributed by atoms with Crippen LogP contribution in [0.1, 0.15) is 39.0 Å². The van der Waals surface area contributed by atoms with Crippen LogP contribution in [0, 0.1) is 23.7 Å². The monoisotopic (exact) mass is 320 g/mol. The Hall–Kier alpha value is -1.25. The van der Waals surface area contributed by atoms with Crippen LogP contribution in [0.3, 0.4) is 0 Å². The van der Waals surface area contributed by atoms with Gasteiger partial charge in [0, 0.05) is 18.8 Å². The van der Waals surface area contributed by atoms with Crippen molar-refractivity contribution >= 4 is 5.97 Å². The maximum atomic E-state index is 14.1. The van der Waals surface area contributed by atoms with Gasteiger partial charge in [0.1, 0.15) is 24.6 Å². The van der Waals surface area contributed by atoms with E-state index in [2.05, 4.69) is 11.8 Å². The number of halogens is 4. The summed E-state index contributed by atoms with van der Waals surface area (Å²) in [6.45, 7) is 1.68. The van der Waals surface area contributed by atoms with Crippen LogP contribution in [0.2, 0.25) is 0 Å². The molecule has 0 N–H and O–H groups in total. The summed E-state index contributed by atoms with van der Waals surface area (Å²) in [6.07, 6.45) is -8.23. The molecule has 0 aliphatic heterocycles. The van der Waals surface area contributed by atoms with Crippen molar-refractivity contribution in [3.63, 3.8) is 0 Å². The third-order valence-electron chi connectivity index (χ3n) is 4.37. The summed E-state index contributed by atoms with van der Waals surface area (Å²) in [5.41, 5.74) is 0. The van der Waals surface area contributed by atoms with Crippen LogP contribution in [0.5, 0.6) is 0 Å². The Morgan fingerprint density at radius 2 is 1.64 bits per heavy atom. The molecule has 22 heavy (non-hydrogen) atoms. The van der Waals surface area contributed by atoms with Crippen LogP contribution in [-0.4, -0.2) is 36.8 Å². The summed E-state index contributed by atoms with van der Waals surface area (Å²) in [5, 5.41) is 0. The highest BCUT2D eigenvalue weighted by Gasteiger charge is 2.42. The zero-order chi connectivity index (χ0) is 16.3. The van der Waals surface area contributed by atoms with Gasteiger partial charge in [0.15, 0.2) is 6.17 Å². The van der Waals surface area contributed by atoms with Gasteiger partial charge in [-0.2, -0.15) is 0 Å². The van der Waals surface area contributed by atoms with E-state index in [4.69, 9.17) is 4.74 Å². The van der Waals surface area contributed by atoms with Crippen molar-refractivity contribution in [2.45, 2.75) is 69.8 Å². The Morgan fingerprint density at radius 1 is 1.00 bits per heavy atom. The quantitative estimate of drug-likeness (QED) is 0.442. The molecule has 0 radical (unpaired) electrons. The fraction of sp³-hybridized carbons (Fsp3) is 0.812. The molecule has 2 aliphatic rings. The Bertz CT molecular complexity index is 447. The SMILES string of the molecule is CC#CC1CCC(C(=O)OC2CC(F)C(F)C(F)C2)C(F)C1. The molecule has 0 heterocycles. The molecule has 124 valence electrons. The lowest BCUT2D eigenvalue weighted by Gasteiger charge is -2.33. The molecular weight excluding hydrogens is 300 g/mol. The van der Waals surface area contributed by atoms with E-state index in [0.29, 0.717) is 12.8 Å². The topological polar surface area (TPSA) is 26.3 Å². The number of alkyl halides is 4. The minimum atomic E-state index is -2.17. The average Bonchev–Trinajstić information content (AvgIpc) is 2.45. The first-order chi connectivity index (χ1) is 10.4. The summed E-state index contributed by atoms with van der Waals surface area (Å²) < 4.78 is 58.7. The van der Waals surface area contributed by atoms with Gasteiger partial charge < -0.3 is 4.74 Å². The summed E-state index contributed by atoms with van der Waals surface area (Å²) in [6, 6.07) is 0. The molecule has 5 atom stereocenters. The second kappa shape index (κ2) is 7.34. The van der Waals surface area contributed by atoms with Crippen LogP contribution in [0.4, 0.5) is 17.6 Å². The molecule has 2 nitrogen and oxygen atoms in total. The van der Waals surface area contributed by atoms with Crippen LogP contribution >= 0.6 is 0 Å². The highest BCUT2D eigenvalue weighted by atomic mass is 19.2. The van der Waals surface area contributed by atoms with E-state index < -0.39 is 42.7 Å². The fourth-order valence-corrected chi connectivity index (χ4v) is 3.15. The number of ether oxygens (including phenoxy) is 1. The molecule has 5 unspecified atom stereocenters. The summed E-state index contributed by atoms with van der Waals surface area (Å²) in [5.74, 6) is 3.84. The maximum Gasteiger partial charge on any atom is 0.312 e. The second-order valence-electron chi connectivity index (χ2n) is 6.03. The Kier molecular flexibility index (Phi) is 5.71. The van der Waals surface area contributed by atoms with Crippen LogP contribution in [0.15, 0.2) is 0 Å². The van der Waals surface area contributed by atoms with Gasteiger partial charge in [-0.25, -0.2) is 17.6 Å². The Labute approximate surface area is 127 Å². The molecule has 0 amide bonds. The normalized spacial score (nSPS) is 42.1. The standard InChI is InChI=1S/C16H20F4O2/c1-2-3-9-4-5-11(12(17)6-9)16(21)22-10-7-13(18)15(20)14(19)8-10/h9-15H,4-8H2,1H3. The maximum absolute atomic E-state index is 14.1. The van der Waals surface area contributed by atoms with E-state index in [-0.39, 0.29) is 25.2 Å². The van der Waals surface area contributed by atoms with Crippen LogP contribution in [-0.2, 0) is 9.53 Å². The predicted molar refractivity (Wildman–Crippen MR) is 73.0 cm³/mol. The van der Waals surface area contributed by atoms with Crippen molar-refractivity contribution in [1.82, 2.24) is 0 Å². The van der Waals surface area contributed by atoms with Crippen molar-refractivity contribution in [2.75, 3.05) is 0 Å². The molecule has 0 aromatic heterocycles. The number of rotatable bonds is 2. The molecule has 2 fully saturated rings. The zero-order valence-corrected chi connectivity index (χ0v) is 12.4. The Balaban J connectivity index is 1.88. The minimum Gasteiger partial charge on any atom is -0.462 e. The van der Waals surface area contributed by atoms with E-state index in [1.54, 1.807) is 6.92 Å². The largest absolute Gasteiger partial charge is 0.462 e. The molecule has 2 aliphatic carbocycles. The lowest BCUT2D eigenvalue weighted by Crippen LogP contribution is -2.43. The van der Waals surface area contributed by atoms with Gasteiger partial charge in [0.05, 0.1) is 5.92 Å². The van der Waals surface area contributed by atoms with Gasteiger partial charge in [0.2, 0.25) is 0 Å². The molecular formula is C16H20F4O2. The molecule has 0 spiro atoms. The first-order valence-electron chi connectivity index (χ1n) is 7.61. The predicted octanol–water partition coefficient (Wildman–Crippen LogP) is 3.48. The van der Waals surface area contributed by atoms with E-state index in [0.717, 1.165) is 0 Å². The zero-order valence-electron chi connectivity index (χ0n) is 12.4. The van der Waals surface area contributed by atoms with Crippen molar-refractivity contribution in [3.8, 4) is 11.8 Å². The van der Waals surface area contributed by atoms with Gasteiger partial charge in [-0.05, 0) is 26.2 Å². The average molecular weight is 320 g/mol. The summed E-state index contributed by atoms with van der Waals surface area (Å²) in [7, 11) is 0. The highest BCUT2D eigenvalue weighted by molar-refractivity contribution is 5.73. The molecule has 2 rings (SSSR count). The third kappa shape index (κ3) is 3.93. The lowest BCUT2D eigenvalue weighted by molar-refractivity contribution is -0.163. The molecule has 0 saturated heterocycles. The van der Waals surface area contributed by atoms with E-state index in [1.807, 2.05) is 0 Å². The first-order valence-corrected chi connectivity index (χ1v) is 7.61. The van der Waals surface area contributed by atoms with Crippen LogP contribution in [0.25, 0.3) is 0 Å². The van der Waals surface area contributed by atoms with Crippen molar-refractivity contribution in [1.29, 1.82) is 0 Å². The molecule has 6 heteroatoms. The summed E-state index contributed by atoms with van der Waals surface area (Å²) >= 11 is 0. The van der Waals surface area contributed by atoms with Crippen molar-refractivity contribution in [2.24, 2.45) is 11.8 Å². The van der Waals surface area contributed by atoms with Crippen LogP contribution < -0.4 is 0 Å². The number of hydrogen-bond acceptors (Lipinski definition) is 2. The number of carbonyl (C=O) groups excluding carboxylic acids is 1. The smallest absolute Gasteiger partial charge is 0.312 e. The highest BCUT2D eigenvalue weighted by Crippen LogP contribution is 2.34. The molecule has 0 aromatic carbocycles. The van der Waals surface area contributed by atoms with Gasteiger partial charge in [-0.3, -0.25) is 4.79 Å². The second-order valence-corrected chi connectivity index (χ2v) is 6.03. The molecule has 2 saturated carbocycles.